The number of methoxy groups -OCH3 is 1. The molecule has 0 spiro atoms. The Morgan fingerprint density at radius 2 is 1.87 bits per heavy atom. The van der Waals surface area contributed by atoms with Crippen LogP contribution in [0.15, 0.2) is 23.1 Å². The molecule has 10 nitrogen and oxygen atoms in total. The highest BCUT2D eigenvalue weighted by Gasteiger charge is 2.40. The number of amides is 1. The number of nitrogens with zero attached hydrogens (tertiary/aromatic N) is 3. The van der Waals surface area contributed by atoms with Crippen molar-refractivity contribution in [2.45, 2.75) is 36.6 Å². The summed E-state index contributed by atoms with van der Waals surface area (Å²) in [6.45, 7) is 0.628. The van der Waals surface area contributed by atoms with Crippen LogP contribution in [0.5, 0.6) is 0 Å². The van der Waals surface area contributed by atoms with Gasteiger partial charge in [0.25, 0.3) is 5.69 Å². The third kappa shape index (κ3) is 4.28. The van der Waals surface area contributed by atoms with Gasteiger partial charge in [-0.05, 0) is 31.7 Å². The van der Waals surface area contributed by atoms with Gasteiger partial charge in [-0.3, -0.25) is 14.9 Å². The molecule has 30 heavy (non-hydrogen) atoms. The molecule has 1 amide bonds. The molecule has 0 aromatic heterocycles. The second kappa shape index (κ2) is 8.86. The molecular formula is C18H22ClN3O7S. The first-order valence-corrected chi connectivity index (χ1v) is 11.3. The quantitative estimate of drug-likeness (QED) is 0.373. The lowest BCUT2D eigenvalue weighted by molar-refractivity contribution is -0.385. The molecule has 0 N–H and O–H groups in total. The van der Waals surface area contributed by atoms with Crippen molar-refractivity contribution < 1.29 is 27.7 Å². The van der Waals surface area contributed by atoms with E-state index in [0.717, 1.165) is 12.1 Å². The minimum atomic E-state index is -4.05. The molecule has 2 fully saturated rings. The van der Waals surface area contributed by atoms with E-state index in [-0.39, 0.29) is 47.4 Å². The Labute approximate surface area is 178 Å². The van der Waals surface area contributed by atoms with Crippen LogP contribution in [0.3, 0.4) is 0 Å². The van der Waals surface area contributed by atoms with Crippen molar-refractivity contribution in [3.63, 3.8) is 0 Å². The van der Waals surface area contributed by atoms with Crippen LogP contribution >= 0.6 is 11.6 Å². The summed E-state index contributed by atoms with van der Waals surface area (Å²) in [6.07, 6.45) is 1.84. The number of ether oxygens (including phenoxy) is 1. The number of rotatable bonds is 5. The summed E-state index contributed by atoms with van der Waals surface area (Å²) in [7, 11) is -2.76. The lowest BCUT2D eigenvalue weighted by Crippen LogP contribution is -2.47. The van der Waals surface area contributed by atoms with Gasteiger partial charge in [-0.15, -0.1) is 0 Å². The second-order valence-corrected chi connectivity index (χ2v) is 9.58. The maximum absolute atomic E-state index is 13.0. The van der Waals surface area contributed by atoms with Crippen molar-refractivity contribution in [2.75, 3.05) is 26.7 Å². The number of non-ortho nitro benzene ring substituents is 1. The van der Waals surface area contributed by atoms with Gasteiger partial charge in [-0.2, -0.15) is 4.31 Å². The molecule has 1 aromatic carbocycles. The van der Waals surface area contributed by atoms with Crippen LogP contribution in [0, 0.1) is 16.0 Å². The second-order valence-electron chi connectivity index (χ2n) is 7.26. The number of likely N-dealkylation sites (tertiary alicyclic amines) is 1. The lowest BCUT2D eigenvalue weighted by atomic mass is 9.96. The zero-order chi connectivity index (χ0) is 22.1. The third-order valence-electron chi connectivity index (χ3n) is 5.56. The monoisotopic (exact) mass is 459 g/mol. The van der Waals surface area contributed by atoms with Crippen molar-refractivity contribution in [3.8, 4) is 0 Å². The van der Waals surface area contributed by atoms with Gasteiger partial charge in [-0.25, -0.2) is 13.2 Å². The van der Waals surface area contributed by atoms with Gasteiger partial charge < -0.3 is 9.64 Å². The summed E-state index contributed by atoms with van der Waals surface area (Å²) < 4.78 is 31.9. The fourth-order valence-corrected chi connectivity index (χ4v) is 5.90. The zero-order valence-electron chi connectivity index (χ0n) is 16.3. The Morgan fingerprint density at radius 1 is 1.20 bits per heavy atom. The van der Waals surface area contributed by atoms with E-state index in [1.807, 2.05) is 0 Å². The molecule has 3 rings (SSSR count). The van der Waals surface area contributed by atoms with Crippen LogP contribution in [-0.4, -0.2) is 67.2 Å². The molecule has 164 valence electrons. The molecule has 2 aliphatic heterocycles. The molecule has 1 aromatic rings. The predicted molar refractivity (Wildman–Crippen MR) is 106 cm³/mol. The summed E-state index contributed by atoms with van der Waals surface area (Å²) in [5.41, 5.74) is -0.370. The average molecular weight is 460 g/mol. The van der Waals surface area contributed by atoms with Crippen molar-refractivity contribution in [2.24, 2.45) is 5.92 Å². The number of esters is 1. The maximum atomic E-state index is 13.0. The summed E-state index contributed by atoms with van der Waals surface area (Å²) in [5, 5.41) is 10.9. The van der Waals surface area contributed by atoms with Gasteiger partial charge in [0, 0.05) is 37.7 Å². The molecule has 1 atom stereocenters. The van der Waals surface area contributed by atoms with E-state index in [1.54, 1.807) is 0 Å². The number of carbonyl (C=O) groups is 2. The SMILES string of the molecule is COC(=O)[C@H]1CCCN1C(=O)C1CCN(S(=O)(=O)c2cc([N+](=O)[O-])ccc2Cl)CC1. The Morgan fingerprint density at radius 3 is 2.47 bits per heavy atom. The van der Waals surface area contributed by atoms with Gasteiger partial charge in [0.1, 0.15) is 10.9 Å². The fourth-order valence-electron chi connectivity index (χ4n) is 3.93. The predicted octanol–water partition coefficient (Wildman–Crippen LogP) is 1.81. The highest BCUT2D eigenvalue weighted by atomic mass is 35.5. The molecule has 0 radical (unpaired) electrons. The van der Waals surface area contributed by atoms with Crippen molar-refractivity contribution in [1.29, 1.82) is 0 Å². The van der Waals surface area contributed by atoms with Gasteiger partial charge in [0.05, 0.1) is 17.1 Å². The van der Waals surface area contributed by atoms with Gasteiger partial charge >= 0.3 is 5.97 Å². The zero-order valence-corrected chi connectivity index (χ0v) is 17.9. The number of halogens is 1. The van der Waals surface area contributed by atoms with Crippen LogP contribution in [0.1, 0.15) is 25.7 Å². The number of benzene rings is 1. The Bertz CT molecular complexity index is 961. The van der Waals surface area contributed by atoms with Gasteiger partial charge in [-0.1, -0.05) is 11.6 Å². The van der Waals surface area contributed by atoms with Crippen molar-refractivity contribution >= 4 is 39.2 Å². The van der Waals surface area contributed by atoms with Crippen LogP contribution in [-0.2, 0) is 24.3 Å². The summed E-state index contributed by atoms with van der Waals surface area (Å²) in [4.78, 5) is 36.3. The molecule has 2 aliphatic rings. The number of hydrogen-bond acceptors (Lipinski definition) is 7. The highest BCUT2D eigenvalue weighted by Crippen LogP contribution is 2.32. The van der Waals surface area contributed by atoms with E-state index in [4.69, 9.17) is 16.3 Å². The van der Waals surface area contributed by atoms with Crippen LogP contribution in [0.4, 0.5) is 5.69 Å². The van der Waals surface area contributed by atoms with Crippen LogP contribution in [0.2, 0.25) is 5.02 Å². The minimum Gasteiger partial charge on any atom is -0.467 e. The molecule has 0 aliphatic carbocycles. The topological polar surface area (TPSA) is 127 Å². The highest BCUT2D eigenvalue weighted by molar-refractivity contribution is 7.89. The van der Waals surface area contributed by atoms with Gasteiger partial charge in [0.2, 0.25) is 15.9 Å². The smallest absolute Gasteiger partial charge is 0.328 e. The van der Waals surface area contributed by atoms with Crippen LogP contribution < -0.4 is 0 Å². The largest absolute Gasteiger partial charge is 0.467 e. The summed E-state index contributed by atoms with van der Waals surface area (Å²) in [6, 6.07) is 2.68. The summed E-state index contributed by atoms with van der Waals surface area (Å²) >= 11 is 6.00. The standard InChI is InChI=1S/C18H22ClN3O7S/c1-29-18(24)15-3-2-8-21(15)17(23)12-6-9-20(10-7-12)30(27,28)16-11-13(22(25)26)4-5-14(16)19/h4-5,11-12,15H,2-3,6-10H2,1H3/t15-/m1/s1. The van der Waals surface area contributed by atoms with E-state index < -0.39 is 32.9 Å². The molecular weight excluding hydrogens is 438 g/mol. The number of hydrogen-bond donors (Lipinski definition) is 0. The first-order chi connectivity index (χ1) is 14.2. The van der Waals surface area contributed by atoms with E-state index >= 15 is 0 Å². The number of nitro groups is 1. The normalized spacial score (nSPS) is 20.9. The number of nitro benzene ring substituents is 1. The van der Waals surface area contributed by atoms with E-state index in [0.29, 0.717) is 19.4 Å². The summed E-state index contributed by atoms with van der Waals surface area (Å²) in [5.74, 6) is -1.02. The molecule has 0 bridgehead atoms. The fraction of sp³-hybridized carbons (Fsp3) is 0.556. The Kier molecular flexibility index (Phi) is 6.63. The maximum Gasteiger partial charge on any atom is 0.328 e. The molecule has 0 unspecified atom stereocenters. The first-order valence-electron chi connectivity index (χ1n) is 9.49. The van der Waals surface area contributed by atoms with Crippen LogP contribution in [0.25, 0.3) is 0 Å². The average Bonchev–Trinajstić information content (AvgIpc) is 3.22. The Balaban J connectivity index is 1.71. The van der Waals surface area contributed by atoms with E-state index in [1.165, 1.54) is 22.4 Å². The van der Waals surface area contributed by atoms with E-state index in [2.05, 4.69) is 0 Å². The van der Waals surface area contributed by atoms with Gasteiger partial charge in [0.15, 0.2) is 0 Å². The first kappa shape index (κ1) is 22.4. The van der Waals surface area contributed by atoms with Crippen molar-refractivity contribution in [1.82, 2.24) is 9.21 Å². The number of piperidine rings is 1. The molecule has 12 heteroatoms. The molecule has 2 heterocycles. The molecule has 2 saturated heterocycles. The number of sulfonamides is 1. The minimum absolute atomic E-state index is 0.0779. The number of carbonyl (C=O) groups excluding carboxylic acids is 2. The van der Waals surface area contributed by atoms with Crippen molar-refractivity contribution in [3.05, 3.63) is 33.3 Å². The Hall–Kier alpha value is -2.24. The molecule has 0 saturated carbocycles. The van der Waals surface area contributed by atoms with E-state index in [9.17, 15) is 28.1 Å². The lowest BCUT2D eigenvalue weighted by Gasteiger charge is -2.33. The third-order valence-corrected chi connectivity index (χ3v) is 7.94.